The first kappa shape index (κ1) is 15.2. The molecular weight excluding hydrogens is 220 g/mol. The summed E-state index contributed by atoms with van der Waals surface area (Å²) in [5.41, 5.74) is 8.26. The normalized spacial score (nSPS) is 11.1. The summed E-state index contributed by atoms with van der Waals surface area (Å²) in [6, 6.07) is 8.60. The molecule has 0 spiro atoms. The van der Waals surface area contributed by atoms with Crippen LogP contribution in [0.2, 0.25) is 0 Å². The molecule has 2 heteroatoms. The zero-order chi connectivity index (χ0) is 13.2. The van der Waals surface area contributed by atoms with Crippen LogP contribution in [0.1, 0.15) is 50.2 Å². The van der Waals surface area contributed by atoms with Crippen LogP contribution in [0, 0.1) is 0 Å². The molecule has 1 rings (SSSR count). The molecule has 18 heavy (non-hydrogen) atoms. The molecule has 0 aliphatic heterocycles. The maximum atomic E-state index is 5.66. The van der Waals surface area contributed by atoms with E-state index in [1.165, 1.54) is 49.8 Å². The van der Waals surface area contributed by atoms with Gasteiger partial charge in [-0.25, -0.2) is 0 Å². The van der Waals surface area contributed by atoms with Crippen molar-refractivity contribution < 1.29 is 0 Å². The molecule has 2 nitrogen and oxygen atoms in total. The van der Waals surface area contributed by atoms with Gasteiger partial charge in [-0.1, -0.05) is 56.9 Å². The molecule has 1 aromatic carbocycles. The molecule has 0 saturated heterocycles. The molecule has 0 aliphatic rings. The predicted molar refractivity (Wildman–Crippen MR) is 79.4 cm³/mol. The van der Waals surface area contributed by atoms with Gasteiger partial charge in [0.05, 0.1) is 0 Å². The second-order valence-corrected chi connectivity index (χ2v) is 5.18. The summed E-state index contributed by atoms with van der Waals surface area (Å²) < 4.78 is 0. The zero-order valence-electron chi connectivity index (χ0n) is 12.0. The summed E-state index contributed by atoms with van der Waals surface area (Å²) in [4.78, 5) is 2.40. The number of nitrogens with zero attached hydrogens (tertiary/aromatic N) is 1. The lowest BCUT2D eigenvalue weighted by Gasteiger charge is -2.17. The number of hydrogen-bond donors (Lipinski definition) is 1. The van der Waals surface area contributed by atoms with Crippen LogP contribution >= 0.6 is 0 Å². The Kier molecular flexibility index (Phi) is 7.70. The van der Waals surface area contributed by atoms with Crippen molar-refractivity contribution in [2.75, 3.05) is 13.6 Å². The van der Waals surface area contributed by atoms with E-state index in [0.29, 0.717) is 6.54 Å². The van der Waals surface area contributed by atoms with E-state index in [-0.39, 0.29) is 0 Å². The first-order valence-corrected chi connectivity index (χ1v) is 7.22. The fourth-order valence-corrected chi connectivity index (χ4v) is 2.23. The van der Waals surface area contributed by atoms with Gasteiger partial charge in [-0.15, -0.1) is 0 Å². The minimum absolute atomic E-state index is 0.634. The highest BCUT2D eigenvalue weighted by Gasteiger charge is 2.01. The Bertz CT molecular complexity index is 323. The fraction of sp³-hybridized carbons (Fsp3) is 0.625. The monoisotopic (exact) mass is 248 g/mol. The summed E-state index contributed by atoms with van der Waals surface area (Å²) in [6.07, 6.45) is 6.76. The predicted octanol–water partition coefficient (Wildman–Crippen LogP) is 3.55. The highest BCUT2D eigenvalue weighted by Crippen LogP contribution is 2.09. The second-order valence-electron chi connectivity index (χ2n) is 5.18. The van der Waals surface area contributed by atoms with Crippen molar-refractivity contribution in [1.29, 1.82) is 0 Å². The number of rotatable bonds is 9. The van der Waals surface area contributed by atoms with Crippen molar-refractivity contribution in [3.05, 3.63) is 35.4 Å². The molecule has 0 amide bonds. The molecule has 0 aromatic heterocycles. The van der Waals surface area contributed by atoms with Crippen molar-refractivity contribution in [2.45, 2.75) is 52.1 Å². The van der Waals surface area contributed by atoms with Crippen molar-refractivity contribution in [2.24, 2.45) is 5.73 Å². The smallest absolute Gasteiger partial charge is 0.0230 e. The van der Waals surface area contributed by atoms with E-state index in [4.69, 9.17) is 5.73 Å². The molecule has 0 heterocycles. The molecule has 1 aromatic rings. The van der Waals surface area contributed by atoms with Crippen LogP contribution in [0.15, 0.2) is 24.3 Å². The quantitative estimate of drug-likeness (QED) is 0.677. The van der Waals surface area contributed by atoms with E-state index in [2.05, 4.69) is 43.1 Å². The van der Waals surface area contributed by atoms with Crippen LogP contribution in [0.25, 0.3) is 0 Å². The molecule has 2 N–H and O–H groups in total. The molecule has 0 unspecified atom stereocenters. The van der Waals surface area contributed by atoms with Gasteiger partial charge in [-0.2, -0.15) is 0 Å². The van der Waals surface area contributed by atoms with E-state index in [1.807, 2.05) is 0 Å². The zero-order valence-corrected chi connectivity index (χ0v) is 12.0. The van der Waals surface area contributed by atoms with E-state index in [0.717, 1.165) is 6.54 Å². The highest BCUT2D eigenvalue weighted by atomic mass is 15.1. The maximum Gasteiger partial charge on any atom is 0.0230 e. The molecule has 0 radical (unpaired) electrons. The molecule has 0 fully saturated rings. The first-order chi connectivity index (χ1) is 8.76. The van der Waals surface area contributed by atoms with Crippen LogP contribution in [0.3, 0.4) is 0 Å². The Labute approximate surface area is 112 Å². The third kappa shape index (κ3) is 6.18. The molecule has 0 atom stereocenters. The van der Waals surface area contributed by atoms with E-state index >= 15 is 0 Å². The van der Waals surface area contributed by atoms with Crippen LogP contribution in [0.5, 0.6) is 0 Å². The van der Waals surface area contributed by atoms with Crippen LogP contribution < -0.4 is 5.73 Å². The second kappa shape index (κ2) is 9.12. The third-order valence-electron chi connectivity index (χ3n) is 3.32. The fourth-order valence-electron chi connectivity index (χ4n) is 2.23. The lowest BCUT2D eigenvalue weighted by atomic mass is 10.1. The Balaban J connectivity index is 2.24. The topological polar surface area (TPSA) is 29.3 Å². The molecule has 0 bridgehead atoms. The number of unbranched alkanes of at least 4 members (excludes halogenated alkanes) is 4. The van der Waals surface area contributed by atoms with Gasteiger partial charge in [-0.3, -0.25) is 0 Å². The Morgan fingerprint density at radius 3 is 2.50 bits per heavy atom. The SMILES string of the molecule is CCCCCCCN(C)Cc1cccc(CN)c1. The van der Waals surface area contributed by atoms with Gasteiger partial charge in [-0.05, 0) is 31.1 Å². The summed E-state index contributed by atoms with van der Waals surface area (Å²) in [6.45, 7) is 5.11. The third-order valence-corrected chi connectivity index (χ3v) is 3.32. The summed E-state index contributed by atoms with van der Waals surface area (Å²) in [7, 11) is 2.20. The summed E-state index contributed by atoms with van der Waals surface area (Å²) in [5.74, 6) is 0. The largest absolute Gasteiger partial charge is 0.326 e. The number of nitrogens with two attached hydrogens (primary N) is 1. The lowest BCUT2D eigenvalue weighted by Crippen LogP contribution is -2.19. The lowest BCUT2D eigenvalue weighted by molar-refractivity contribution is 0.316. The molecular formula is C16H28N2. The first-order valence-electron chi connectivity index (χ1n) is 7.22. The minimum Gasteiger partial charge on any atom is -0.326 e. The van der Waals surface area contributed by atoms with Crippen molar-refractivity contribution in [1.82, 2.24) is 4.90 Å². The van der Waals surface area contributed by atoms with Crippen LogP contribution in [-0.2, 0) is 13.1 Å². The minimum atomic E-state index is 0.634. The Hall–Kier alpha value is -0.860. The Morgan fingerprint density at radius 2 is 1.78 bits per heavy atom. The van der Waals surface area contributed by atoms with Gasteiger partial charge in [0.1, 0.15) is 0 Å². The number of hydrogen-bond acceptors (Lipinski definition) is 2. The van der Waals surface area contributed by atoms with Crippen LogP contribution in [-0.4, -0.2) is 18.5 Å². The molecule has 0 saturated carbocycles. The van der Waals surface area contributed by atoms with E-state index in [1.54, 1.807) is 0 Å². The highest BCUT2D eigenvalue weighted by molar-refractivity contribution is 5.23. The average molecular weight is 248 g/mol. The van der Waals surface area contributed by atoms with Gasteiger partial charge in [0.25, 0.3) is 0 Å². The van der Waals surface area contributed by atoms with Gasteiger partial charge in [0, 0.05) is 13.1 Å². The van der Waals surface area contributed by atoms with E-state index in [9.17, 15) is 0 Å². The van der Waals surface area contributed by atoms with Gasteiger partial charge < -0.3 is 10.6 Å². The van der Waals surface area contributed by atoms with E-state index < -0.39 is 0 Å². The van der Waals surface area contributed by atoms with Crippen molar-refractivity contribution in [3.63, 3.8) is 0 Å². The molecule has 102 valence electrons. The average Bonchev–Trinajstić information content (AvgIpc) is 2.38. The number of benzene rings is 1. The van der Waals surface area contributed by atoms with Gasteiger partial charge >= 0.3 is 0 Å². The standard InChI is InChI=1S/C16H28N2/c1-3-4-5-6-7-11-18(2)14-16-10-8-9-15(12-16)13-17/h8-10,12H,3-7,11,13-14,17H2,1-2H3. The van der Waals surface area contributed by atoms with Gasteiger partial charge in [0.2, 0.25) is 0 Å². The Morgan fingerprint density at radius 1 is 1.06 bits per heavy atom. The van der Waals surface area contributed by atoms with Crippen LogP contribution in [0.4, 0.5) is 0 Å². The maximum absolute atomic E-state index is 5.66. The van der Waals surface area contributed by atoms with Crippen molar-refractivity contribution >= 4 is 0 Å². The van der Waals surface area contributed by atoms with Gasteiger partial charge in [0.15, 0.2) is 0 Å². The molecule has 0 aliphatic carbocycles. The summed E-state index contributed by atoms with van der Waals surface area (Å²) >= 11 is 0. The summed E-state index contributed by atoms with van der Waals surface area (Å²) in [5, 5.41) is 0. The van der Waals surface area contributed by atoms with Crippen molar-refractivity contribution in [3.8, 4) is 0 Å².